The molecule has 2 aromatic rings. The Morgan fingerprint density at radius 3 is 2.68 bits per heavy atom. The largest absolute Gasteiger partial charge is 0.469 e. The van der Waals surface area contributed by atoms with Crippen molar-refractivity contribution in [1.29, 1.82) is 0 Å². The lowest BCUT2D eigenvalue weighted by Gasteiger charge is -2.18. The maximum absolute atomic E-state index is 14.1. The van der Waals surface area contributed by atoms with Gasteiger partial charge < -0.3 is 9.73 Å². The van der Waals surface area contributed by atoms with Crippen LogP contribution in [0.4, 0.5) is 4.39 Å². The monoisotopic (exact) mass is 261 g/mol. The summed E-state index contributed by atoms with van der Waals surface area (Å²) in [6.07, 6.45) is 2.70. The van der Waals surface area contributed by atoms with E-state index >= 15 is 0 Å². The number of hydrogen-bond acceptors (Lipinski definition) is 2. The number of rotatable bonds is 5. The second-order valence-electron chi connectivity index (χ2n) is 4.90. The minimum Gasteiger partial charge on any atom is -0.469 e. The molecule has 0 saturated carbocycles. The molecule has 0 radical (unpaired) electrons. The van der Waals surface area contributed by atoms with Crippen LogP contribution in [0.1, 0.15) is 41.8 Å². The molecule has 0 fully saturated rings. The molecule has 1 heterocycles. The number of nitrogens with one attached hydrogen (secondary N) is 1. The highest BCUT2D eigenvalue weighted by Gasteiger charge is 2.19. The Hall–Kier alpha value is -1.61. The first-order valence-electron chi connectivity index (χ1n) is 6.66. The Bertz CT molecular complexity index is 547. The Morgan fingerprint density at radius 2 is 2.05 bits per heavy atom. The van der Waals surface area contributed by atoms with Gasteiger partial charge in [0.1, 0.15) is 11.6 Å². The van der Waals surface area contributed by atoms with Crippen molar-refractivity contribution in [3.63, 3.8) is 0 Å². The Labute approximate surface area is 113 Å². The molecule has 0 amide bonds. The zero-order valence-corrected chi connectivity index (χ0v) is 11.7. The van der Waals surface area contributed by atoms with Crippen LogP contribution in [0, 0.1) is 19.7 Å². The SMILES string of the molecule is CCCNC(c1coc(C)c1)c1cc(C)ccc1F. The third kappa shape index (κ3) is 3.24. The van der Waals surface area contributed by atoms with E-state index in [9.17, 15) is 4.39 Å². The van der Waals surface area contributed by atoms with Gasteiger partial charge in [-0.05, 0) is 38.9 Å². The molecule has 1 unspecified atom stereocenters. The molecule has 1 aromatic carbocycles. The van der Waals surface area contributed by atoms with Gasteiger partial charge in [-0.25, -0.2) is 4.39 Å². The molecular formula is C16H20FNO. The third-order valence-electron chi connectivity index (χ3n) is 3.15. The van der Waals surface area contributed by atoms with Gasteiger partial charge in [0.15, 0.2) is 0 Å². The maximum Gasteiger partial charge on any atom is 0.128 e. The lowest BCUT2D eigenvalue weighted by atomic mass is 9.98. The van der Waals surface area contributed by atoms with Crippen molar-refractivity contribution >= 4 is 0 Å². The zero-order valence-electron chi connectivity index (χ0n) is 11.7. The summed E-state index contributed by atoms with van der Waals surface area (Å²) in [4.78, 5) is 0. The summed E-state index contributed by atoms with van der Waals surface area (Å²) >= 11 is 0. The van der Waals surface area contributed by atoms with Gasteiger partial charge in [-0.3, -0.25) is 0 Å². The molecule has 0 aliphatic carbocycles. The maximum atomic E-state index is 14.1. The molecule has 0 bridgehead atoms. The van der Waals surface area contributed by atoms with Gasteiger partial charge >= 0.3 is 0 Å². The van der Waals surface area contributed by atoms with Gasteiger partial charge in [0.25, 0.3) is 0 Å². The Balaban J connectivity index is 2.39. The van der Waals surface area contributed by atoms with Crippen LogP contribution in [0.5, 0.6) is 0 Å². The molecule has 2 rings (SSSR count). The summed E-state index contributed by atoms with van der Waals surface area (Å²) in [5, 5.41) is 3.38. The lowest BCUT2D eigenvalue weighted by molar-refractivity contribution is 0.516. The molecule has 0 saturated heterocycles. The Kier molecular flexibility index (Phi) is 4.38. The standard InChI is InChI=1S/C16H20FNO/c1-4-7-18-16(13-9-12(3)19-10-13)14-8-11(2)5-6-15(14)17/h5-6,8-10,16,18H,4,7H2,1-3H3. The summed E-state index contributed by atoms with van der Waals surface area (Å²) in [5.41, 5.74) is 2.70. The molecule has 1 N–H and O–H groups in total. The Morgan fingerprint density at radius 1 is 1.26 bits per heavy atom. The van der Waals surface area contributed by atoms with E-state index in [1.807, 2.05) is 26.0 Å². The van der Waals surface area contributed by atoms with Crippen molar-refractivity contribution < 1.29 is 8.81 Å². The van der Waals surface area contributed by atoms with Gasteiger partial charge in [0.2, 0.25) is 0 Å². The van der Waals surface area contributed by atoms with Crippen LogP contribution in [-0.2, 0) is 0 Å². The van der Waals surface area contributed by atoms with E-state index < -0.39 is 0 Å². The van der Waals surface area contributed by atoms with Crippen LogP contribution >= 0.6 is 0 Å². The van der Waals surface area contributed by atoms with Crippen molar-refractivity contribution in [2.75, 3.05) is 6.54 Å². The molecular weight excluding hydrogens is 241 g/mol. The van der Waals surface area contributed by atoms with E-state index in [1.165, 1.54) is 6.07 Å². The first-order valence-corrected chi connectivity index (χ1v) is 6.66. The van der Waals surface area contributed by atoms with Crippen molar-refractivity contribution in [2.24, 2.45) is 0 Å². The average molecular weight is 261 g/mol. The molecule has 1 atom stereocenters. The number of aryl methyl sites for hydroxylation is 2. The molecule has 0 aliphatic rings. The second kappa shape index (κ2) is 6.02. The summed E-state index contributed by atoms with van der Waals surface area (Å²) < 4.78 is 19.4. The number of hydrogen-bond donors (Lipinski definition) is 1. The fourth-order valence-corrected chi connectivity index (χ4v) is 2.20. The smallest absolute Gasteiger partial charge is 0.128 e. The van der Waals surface area contributed by atoms with Crippen molar-refractivity contribution in [2.45, 2.75) is 33.2 Å². The van der Waals surface area contributed by atoms with Crippen LogP contribution in [0.2, 0.25) is 0 Å². The van der Waals surface area contributed by atoms with Crippen molar-refractivity contribution in [1.82, 2.24) is 5.32 Å². The van der Waals surface area contributed by atoms with Crippen molar-refractivity contribution in [3.8, 4) is 0 Å². The van der Waals surface area contributed by atoms with Gasteiger partial charge in [-0.1, -0.05) is 24.6 Å². The zero-order chi connectivity index (χ0) is 13.8. The number of halogens is 1. The fourth-order valence-electron chi connectivity index (χ4n) is 2.20. The van der Waals surface area contributed by atoms with E-state index in [4.69, 9.17) is 4.42 Å². The summed E-state index contributed by atoms with van der Waals surface area (Å²) in [6.45, 7) is 6.80. The fraction of sp³-hybridized carbons (Fsp3) is 0.375. The number of furan rings is 1. The minimum absolute atomic E-state index is 0.155. The molecule has 0 spiro atoms. The molecule has 102 valence electrons. The van der Waals surface area contributed by atoms with Gasteiger partial charge in [-0.2, -0.15) is 0 Å². The highest BCUT2D eigenvalue weighted by Crippen LogP contribution is 2.26. The molecule has 19 heavy (non-hydrogen) atoms. The predicted octanol–water partition coefficient (Wildman–Crippen LogP) is 4.12. The normalized spacial score (nSPS) is 12.6. The van der Waals surface area contributed by atoms with E-state index in [0.717, 1.165) is 29.9 Å². The average Bonchev–Trinajstić information content (AvgIpc) is 2.80. The quantitative estimate of drug-likeness (QED) is 0.875. The summed E-state index contributed by atoms with van der Waals surface area (Å²) in [5.74, 6) is 0.657. The van der Waals surface area contributed by atoms with E-state index in [2.05, 4.69) is 12.2 Å². The lowest BCUT2D eigenvalue weighted by Crippen LogP contribution is -2.23. The van der Waals surface area contributed by atoms with Crippen LogP contribution in [0.15, 0.2) is 34.9 Å². The van der Waals surface area contributed by atoms with Gasteiger partial charge in [0, 0.05) is 11.1 Å². The first-order chi connectivity index (χ1) is 9.11. The molecule has 0 aliphatic heterocycles. The van der Waals surface area contributed by atoms with Gasteiger partial charge in [-0.15, -0.1) is 0 Å². The first kappa shape index (κ1) is 13.8. The predicted molar refractivity (Wildman–Crippen MR) is 74.7 cm³/mol. The molecule has 2 nitrogen and oxygen atoms in total. The van der Waals surface area contributed by atoms with Crippen LogP contribution < -0.4 is 5.32 Å². The number of benzene rings is 1. The van der Waals surface area contributed by atoms with Crippen LogP contribution in [0.25, 0.3) is 0 Å². The van der Waals surface area contributed by atoms with Gasteiger partial charge in [0.05, 0.1) is 12.3 Å². The summed E-state index contributed by atoms with van der Waals surface area (Å²) in [7, 11) is 0. The molecule has 1 aromatic heterocycles. The van der Waals surface area contributed by atoms with Crippen LogP contribution in [0.3, 0.4) is 0 Å². The van der Waals surface area contributed by atoms with Crippen molar-refractivity contribution in [3.05, 3.63) is 58.8 Å². The van der Waals surface area contributed by atoms with Crippen LogP contribution in [-0.4, -0.2) is 6.54 Å². The van der Waals surface area contributed by atoms with E-state index in [1.54, 1.807) is 12.3 Å². The topological polar surface area (TPSA) is 25.2 Å². The second-order valence-corrected chi connectivity index (χ2v) is 4.90. The minimum atomic E-state index is -0.182. The highest BCUT2D eigenvalue weighted by molar-refractivity contribution is 5.34. The summed E-state index contributed by atoms with van der Waals surface area (Å²) in [6, 6.07) is 7.01. The van der Waals surface area contributed by atoms with E-state index in [-0.39, 0.29) is 11.9 Å². The third-order valence-corrected chi connectivity index (χ3v) is 3.15. The molecule has 3 heteroatoms. The highest BCUT2D eigenvalue weighted by atomic mass is 19.1. The van der Waals surface area contributed by atoms with E-state index in [0.29, 0.717) is 5.56 Å².